The molecule has 1 aromatic carbocycles. The van der Waals surface area contributed by atoms with E-state index in [0.29, 0.717) is 19.1 Å². The van der Waals surface area contributed by atoms with Gasteiger partial charge in [-0.2, -0.15) is 5.10 Å². The van der Waals surface area contributed by atoms with Crippen molar-refractivity contribution in [2.45, 2.75) is 57.7 Å². The number of nitrogens with one attached hydrogen (secondary N) is 1. The van der Waals surface area contributed by atoms with Gasteiger partial charge in [-0.25, -0.2) is 4.79 Å². The molecule has 24 heavy (non-hydrogen) atoms. The highest BCUT2D eigenvalue weighted by molar-refractivity contribution is 5.68. The predicted molar refractivity (Wildman–Crippen MR) is 90.5 cm³/mol. The Morgan fingerprint density at radius 2 is 2.12 bits per heavy atom. The molecule has 0 spiro atoms. The van der Waals surface area contributed by atoms with Gasteiger partial charge in [0.25, 0.3) is 0 Å². The summed E-state index contributed by atoms with van der Waals surface area (Å²) in [6, 6.07) is 9.92. The lowest BCUT2D eigenvalue weighted by atomic mass is 9.80. The molecule has 1 atom stereocenters. The topological polar surface area (TPSA) is 58.2 Å². The third kappa shape index (κ3) is 2.79. The fourth-order valence-corrected chi connectivity index (χ4v) is 3.56. The van der Waals surface area contributed by atoms with Gasteiger partial charge in [-0.3, -0.25) is 5.10 Å². The van der Waals surface area contributed by atoms with E-state index in [2.05, 4.69) is 17.1 Å². The van der Waals surface area contributed by atoms with Gasteiger partial charge >= 0.3 is 6.09 Å². The van der Waals surface area contributed by atoms with Crippen LogP contribution in [0.3, 0.4) is 0 Å². The Bertz CT molecular complexity index is 721. The smallest absolute Gasteiger partial charge is 0.410 e. The highest BCUT2D eigenvalue weighted by atomic mass is 16.6. The molecular formula is C19H23N3O2. The molecule has 0 bridgehead atoms. The third-order valence-electron chi connectivity index (χ3n) is 5.28. The van der Waals surface area contributed by atoms with Crippen molar-refractivity contribution in [1.82, 2.24) is 15.1 Å². The van der Waals surface area contributed by atoms with Gasteiger partial charge in [0.15, 0.2) is 0 Å². The minimum absolute atomic E-state index is 0.121. The number of hydrogen-bond acceptors (Lipinski definition) is 3. The molecule has 2 aliphatic rings. The highest BCUT2D eigenvalue weighted by Crippen LogP contribution is 2.39. The SMILES string of the molecule is CC1Cc2[nH]nc(C3CCC3)c2CN1C(=O)OCc1ccccc1. The van der Waals surface area contributed by atoms with E-state index < -0.39 is 0 Å². The van der Waals surface area contributed by atoms with Gasteiger partial charge in [0.05, 0.1) is 12.2 Å². The van der Waals surface area contributed by atoms with Gasteiger partial charge in [-0.15, -0.1) is 0 Å². The standard InChI is InChI=1S/C19H23N3O2/c1-13-10-17-16(18(21-20-17)15-8-5-9-15)11-22(13)19(23)24-12-14-6-3-2-4-7-14/h2-4,6-7,13,15H,5,8-12H2,1H3,(H,20,21). The number of nitrogens with zero attached hydrogens (tertiary/aromatic N) is 2. The average molecular weight is 325 g/mol. The van der Waals surface area contributed by atoms with Crippen LogP contribution in [0.4, 0.5) is 4.79 Å². The van der Waals surface area contributed by atoms with Crippen LogP contribution in [0, 0.1) is 0 Å². The summed E-state index contributed by atoms with van der Waals surface area (Å²) in [6.45, 7) is 2.99. The van der Waals surface area contributed by atoms with E-state index in [4.69, 9.17) is 4.74 Å². The number of rotatable bonds is 3. The molecule has 2 heterocycles. The summed E-state index contributed by atoms with van der Waals surface area (Å²) >= 11 is 0. The van der Waals surface area contributed by atoms with Crippen molar-refractivity contribution in [3.05, 3.63) is 52.8 Å². The van der Waals surface area contributed by atoms with Crippen molar-refractivity contribution in [3.8, 4) is 0 Å². The van der Waals surface area contributed by atoms with Gasteiger partial charge < -0.3 is 9.64 Å². The van der Waals surface area contributed by atoms with Crippen molar-refractivity contribution < 1.29 is 9.53 Å². The largest absolute Gasteiger partial charge is 0.445 e. The van der Waals surface area contributed by atoms with Crippen LogP contribution in [0.25, 0.3) is 0 Å². The van der Waals surface area contributed by atoms with Crippen LogP contribution in [-0.2, 0) is 24.3 Å². The van der Waals surface area contributed by atoms with E-state index >= 15 is 0 Å². The number of carbonyl (C=O) groups excluding carboxylic acids is 1. The van der Waals surface area contributed by atoms with E-state index in [-0.39, 0.29) is 12.1 Å². The summed E-state index contributed by atoms with van der Waals surface area (Å²) in [4.78, 5) is 14.4. The monoisotopic (exact) mass is 325 g/mol. The lowest BCUT2D eigenvalue weighted by molar-refractivity contribution is 0.0762. The van der Waals surface area contributed by atoms with Crippen LogP contribution in [0.15, 0.2) is 30.3 Å². The van der Waals surface area contributed by atoms with E-state index in [1.54, 1.807) is 0 Å². The molecule has 5 nitrogen and oxygen atoms in total. The molecule has 1 aromatic heterocycles. The summed E-state index contributed by atoms with van der Waals surface area (Å²) < 4.78 is 5.53. The summed E-state index contributed by atoms with van der Waals surface area (Å²) in [6.07, 6.45) is 4.29. The molecule has 1 fully saturated rings. The first kappa shape index (κ1) is 15.2. The Kier molecular flexibility index (Phi) is 4.00. The lowest BCUT2D eigenvalue weighted by Crippen LogP contribution is -2.43. The Morgan fingerprint density at radius 1 is 1.33 bits per heavy atom. The van der Waals surface area contributed by atoms with Crippen molar-refractivity contribution >= 4 is 6.09 Å². The summed E-state index contributed by atoms with van der Waals surface area (Å²) in [5, 5.41) is 7.73. The van der Waals surface area contributed by atoms with Crippen LogP contribution in [0.2, 0.25) is 0 Å². The molecular weight excluding hydrogens is 302 g/mol. The number of aromatic amines is 1. The Morgan fingerprint density at radius 3 is 2.83 bits per heavy atom. The fraction of sp³-hybridized carbons (Fsp3) is 0.474. The molecule has 5 heteroatoms. The van der Waals surface area contributed by atoms with Gasteiger partial charge in [-0.1, -0.05) is 36.8 Å². The summed E-state index contributed by atoms with van der Waals surface area (Å²) in [5.74, 6) is 0.570. The third-order valence-corrected chi connectivity index (χ3v) is 5.28. The molecule has 1 saturated carbocycles. The zero-order valence-corrected chi connectivity index (χ0v) is 14.0. The molecule has 1 unspecified atom stereocenters. The number of hydrogen-bond donors (Lipinski definition) is 1. The summed E-state index contributed by atoms with van der Waals surface area (Å²) in [7, 11) is 0. The minimum Gasteiger partial charge on any atom is -0.445 e. The van der Waals surface area contributed by atoms with Crippen LogP contribution in [-0.4, -0.2) is 27.2 Å². The maximum absolute atomic E-state index is 12.6. The average Bonchev–Trinajstić information content (AvgIpc) is 2.94. The second-order valence-corrected chi connectivity index (χ2v) is 6.92. The lowest BCUT2D eigenvalue weighted by Gasteiger charge is -2.34. The fourth-order valence-electron chi connectivity index (χ4n) is 3.56. The predicted octanol–water partition coefficient (Wildman–Crippen LogP) is 3.76. The second kappa shape index (κ2) is 6.30. The van der Waals surface area contributed by atoms with Crippen molar-refractivity contribution in [3.63, 3.8) is 0 Å². The number of aromatic nitrogens is 2. The molecule has 1 aliphatic carbocycles. The zero-order chi connectivity index (χ0) is 16.5. The van der Waals surface area contributed by atoms with Gasteiger partial charge in [-0.05, 0) is 25.3 Å². The van der Waals surface area contributed by atoms with Crippen molar-refractivity contribution in [1.29, 1.82) is 0 Å². The van der Waals surface area contributed by atoms with Gasteiger partial charge in [0.1, 0.15) is 6.61 Å². The van der Waals surface area contributed by atoms with Crippen LogP contribution < -0.4 is 0 Å². The van der Waals surface area contributed by atoms with E-state index in [1.165, 1.54) is 36.2 Å². The highest BCUT2D eigenvalue weighted by Gasteiger charge is 2.34. The van der Waals surface area contributed by atoms with Gasteiger partial charge in [0.2, 0.25) is 0 Å². The number of carbonyl (C=O) groups is 1. The normalized spacial score (nSPS) is 20.4. The molecule has 0 saturated heterocycles. The molecule has 0 radical (unpaired) electrons. The second-order valence-electron chi connectivity index (χ2n) is 6.92. The number of fused-ring (bicyclic) bond motifs is 1. The van der Waals surface area contributed by atoms with Crippen LogP contribution in [0.5, 0.6) is 0 Å². The number of ether oxygens (including phenoxy) is 1. The maximum atomic E-state index is 12.6. The Hall–Kier alpha value is -2.30. The minimum atomic E-state index is -0.238. The Labute approximate surface area is 142 Å². The van der Waals surface area contributed by atoms with E-state index in [9.17, 15) is 4.79 Å². The molecule has 1 amide bonds. The molecule has 4 rings (SSSR count). The van der Waals surface area contributed by atoms with E-state index in [1.807, 2.05) is 35.2 Å². The molecule has 1 N–H and O–H groups in total. The first-order chi connectivity index (χ1) is 11.7. The quantitative estimate of drug-likeness (QED) is 0.935. The molecule has 2 aromatic rings. The molecule has 1 aliphatic heterocycles. The Balaban J connectivity index is 1.45. The van der Waals surface area contributed by atoms with Crippen molar-refractivity contribution in [2.24, 2.45) is 0 Å². The van der Waals surface area contributed by atoms with Crippen molar-refractivity contribution in [2.75, 3.05) is 0 Å². The number of H-pyrrole nitrogens is 1. The van der Waals surface area contributed by atoms with Crippen LogP contribution >= 0.6 is 0 Å². The summed E-state index contributed by atoms with van der Waals surface area (Å²) in [5.41, 5.74) is 4.59. The zero-order valence-electron chi connectivity index (χ0n) is 14.0. The molecule has 126 valence electrons. The number of amides is 1. The van der Waals surface area contributed by atoms with Crippen LogP contribution in [0.1, 0.15) is 54.6 Å². The van der Waals surface area contributed by atoms with E-state index in [0.717, 1.165) is 12.0 Å². The van der Waals surface area contributed by atoms with Gasteiger partial charge in [0, 0.05) is 29.6 Å². The first-order valence-corrected chi connectivity index (χ1v) is 8.75. The first-order valence-electron chi connectivity index (χ1n) is 8.75. The number of benzene rings is 1. The maximum Gasteiger partial charge on any atom is 0.410 e.